The number of fused-ring (bicyclic) bond motifs is 1. The maximum absolute atomic E-state index is 13.0. The number of benzene rings is 6. The van der Waals surface area contributed by atoms with E-state index in [1.54, 1.807) is 85.9 Å². The third kappa shape index (κ3) is 9.31. The molecular formula is C45H48N6O4S2. The van der Waals surface area contributed by atoms with Gasteiger partial charge in [-0.15, -0.1) is 0 Å². The Morgan fingerprint density at radius 2 is 1.07 bits per heavy atom. The van der Waals surface area contributed by atoms with Crippen molar-refractivity contribution >= 4 is 53.8 Å². The van der Waals surface area contributed by atoms with Crippen molar-refractivity contribution < 1.29 is 16.8 Å². The molecule has 0 bridgehead atoms. The van der Waals surface area contributed by atoms with Crippen molar-refractivity contribution in [1.29, 1.82) is 0 Å². The van der Waals surface area contributed by atoms with E-state index in [1.165, 1.54) is 21.2 Å². The first-order chi connectivity index (χ1) is 27.2. The van der Waals surface area contributed by atoms with Crippen LogP contribution in [0.3, 0.4) is 0 Å². The van der Waals surface area contributed by atoms with E-state index in [4.69, 9.17) is 10.7 Å². The highest BCUT2D eigenvalue weighted by Gasteiger charge is 2.26. The molecule has 294 valence electrons. The van der Waals surface area contributed by atoms with Crippen molar-refractivity contribution in [3.63, 3.8) is 0 Å². The molecule has 0 amide bonds. The Kier molecular flexibility index (Phi) is 12.1. The second kappa shape index (κ2) is 16.9. The quantitative estimate of drug-likeness (QED) is 0.125. The molecule has 1 aromatic heterocycles. The van der Waals surface area contributed by atoms with Crippen LogP contribution in [0.25, 0.3) is 11.0 Å². The van der Waals surface area contributed by atoms with Gasteiger partial charge in [0.15, 0.2) is 0 Å². The summed E-state index contributed by atoms with van der Waals surface area (Å²) in [6.07, 6.45) is 0. The molecule has 6 aromatic carbocycles. The molecule has 0 aliphatic carbocycles. The Labute approximate surface area is 336 Å². The normalized spacial score (nSPS) is 11.7. The highest BCUT2D eigenvalue weighted by Crippen LogP contribution is 2.32. The van der Waals surface area contributed by atoms with Crippen molar-refractivity contribution in [2.75, 3.05) is 33.8 Å². The van der Waals surface area contributed by atoms with E-state index in [0.29, 0.717) is 30.2 Å². The minimum Gasteiger partial charge on any atom is -0.397 e. The van der Waals surface area contributed by atoms with Crippen LogP contribution in [0.15, 0.2) is 168 Å². The van der Waals surface area contributed by atoms with E-state index in [-0.39, 0.29) is 15.2 Å². The molecule has 0 aliphatic heterocycles. The first-order valence-electron chi connectivity index (χ1n) is 18.5. The third-order valence-electron chi connectivity index (χ3n) is 9.48. The first-order valence-corrected chi connectivity index (χ1v) is 21.3. The molecule has 7 rings (SSSR count). The summed E-state index contributed by atoms with van der Waals surface area (Å²) in [7, 11) is -4.16. The molecule has 0 aliphatic rings. The van der Waals surface area contributed by atoms with Crippen molar-refractivity contribution in [2.45, 2.75) is 49.1 Å². The standard InChI is InChI=1S/C25H27N3O2S.C20H21N3O2S/c1-25(2,3)24-26-22-17-20(27(4)31(29,30)21-13-9-6-10-14-21)15-16-23(22)28(24)18-19-11-7-5-8-12-19;1-23(26(24,25)18-10-6-3-7-11-18)17-12-13-20(19(21)14-17)22-15-16-8-4-2-5-9-16/h5-17H,18H2,1-4H3;2-14,22H,15,21H2,1H3. The van der Waals surface area contributed by atoms with Gasteiger partial charge in [0.1, 0.15) is 5.82 Å². The number of nitrogen functional groups attached to an aromatic ring is 1. The van der Waals surface area contributed by atoms with Gasteiger partial charge in [-0.2, -0.15) is 0 Å². The fourth-order valence-electron chi connectivity index (χ4n) is 6.29. The summed E-state index contributed by atoms with van der Waals surface area (Å²) in [4.78, 5) is 5.43. The van der Waals surface area contributed by atoms with E-state index in [1.807, 2.05) is 66.7 Å². The summed E-state index contributed by atoms with van der Waals surface area (Å²) < 4.78 is 56.3. The molecule has 0 radical (unpaired) electrons. The van der Waals surface area contributed by atoms with Crippen LogP contribution in [0.1, 0.15) is 37.7 Å². The lowest BCUT2D eigenvalue weighted by atomic mass is 9.95. The maximum atomic E-state index is 13.0. The number of hydrogen-bond donors (Lipinski definition) is 2. The van der Waals surface area contributed by atoms with E-state index in [9.17, 15) is 16.8 Å². The van der Waals surface area contributed by atoms with Crippen LogP contribution in [0.5, 0.6) is 0 Å². The van der Waals surface area contributed by atoms with Gasteiger partial charge in [0.2, 0.25) is 0 Å². The van der Waals surface area contributed by atoms with Gasteiger partial charge in [-0.25, -0.2) is 21.8 Å². The van der Waals surface area contributed by atoms with Crippen molar-refractivity contribution in [3.8, 4) is 0 Å². The average molecular weight is 801 g/mol. The summed E-state index contributed by atoms with van der Waals surface area (Å²) in [5, 5.41) is 3.27. The molecule has 0 saturated heterocycles. The fourth-order valence-corrected chi connectivity index (χ4v) is 8.71. The van der Waals surface area contributed by atoms with Gasteiger partial charge < -0.3 is 15.6 Å². The Morgan fingerprint density at radius 3 is 1.56 bits per heavy atom. The zero-order valence-electron chi connectivity index (χ0n) is 32.7. The topological polar surface area (TPSA) is 131 Å². The van der Waals surface area contributed by atoms with Gasteiger partial charge >= 0.3 is 0 Å². The summed E-state index contributed by atoms with van der Waals surface area (Å²) in [5.41, 5.74) is 12.4. The number of nitrogens with zero attached hydrogens (tertiary/aromatic N) is 4. The largest absolute Gasteiger partial charge is 0.397 e. The number of nitrogens with one attached hydrogen (secondary N) is 1. The highest BCUT2D eigenvalue weighted by atomic mass is 32.2. The summed E-state index contributed by atoms with van der Waals surface area (Å²) in [5.74, 6) is 0.970. The summed E-state index contributed by atoms with van der Waals surface area (Å²) in [6.45, 7) is 7.78. The molecule has 0 spiro atoms. The molecule has 0 saturated carbocycles. The molecular weight excluding hydrogens is 753 g/mol. The highest BCUT2D eigenvalue weighted by molar-refractivity contribution is 7.93. The Morgan fingerprint density at radius 1 is 0.614 bits per heavy atom. The monoisotopic (exact) mass is 800 g/mol. The smallest absolute Gasteiger partial charge is 0.264 e. The van der Waals surface area contributed by atoms with E-state index in [2.05, 4.69) is 42.8 Å². The van der Waals surface area contributed by atoms with Crippen LogP contribution >= 0.6 is 0 Å². The van der Waals surface area contributed by atoms with Crippen molar-refractivity contribution in [1.82, 2.24) is 9.55 Å². The van der Waals surface area contributed by atoms with Crippen molar-refractivity contribution in [3.05, 3.63) is 175 Å². The van der Waals surface area contributed by atoms with E-state index in [0.717, 1.165) is 28.1 Å². The Balaban J connectivity index is 0.000000196. The van der Waals surface area contributed by atoms with Crippen LogP contribution in [0, 0.1) is 0 Å². The number of sulfonamides is 2. The molecule has 0 fully saturated rings. The van der Waals surface area contributed by atoms with Gasteiger partial charge in [0, 0.05) is 32.6 Å². The molecule has 0 atom stereocenters. The molecule has 12 heteroatoms. The first kappa shape index (κ1) is 40.6. The zero-order chi connectivity index (χ0) is 40.8. The Hall–Kier alpha value is -6.11. The molecule has 0 unspecified atom stereocenters. The second-order valence-electron chi connectivity index (χ2n) is 14.6. The van der Waals surface area contributed by atoms with Gasteiger partial charge in [0.05, 0.1) is 43.6 Å². The lowest BCUT2D eigenvalue weighted by Crippen LogP contribution is -2.26. The third-order valence-corrected chi connectivity index (χ3v) is 13.1. The average Bonchev–Trinajstić information content (AvgIpc) is 3.59. The molecule has 57 heavy (non-hydrogen) atoms. The predicted octanol–water partition coefficient (Wildman–Crippen LogP) is 8.91. The van der Waals surface area contributed by atoms with Crippen molar-refractivity contribution in [2.24, 2.45) is 0 Å². The number of imidazole rings is 1. The van der Waals surface area contributed by atoms with E-state index < -0.39 is 20.0 Å². The molecule has 10 nitrogen and oxygen atoms in total. The minimum absolute atomic E-state index is 0.157. The summed E-state index contributed by atoms with van der Waals surface area (Å²) >= 11 is 0. The Bertz CT molecular complexity index is 2650. The number of rotatable bonds is 11. The summed E-state index contributed by atoms with van der Waals surface area (Å²) in [6, 6.07) is 47.9. The van der Waals surface area contributed by atoms with Crippen LogP contribution in [-0.4, -0.2) is 40.5 Å². The van der Waals surface area contributed by atoms with Crippen LogP contribution in [0.4, 0.5) is 22.7 Å². The number of nitrogens with two attached hydrogens (primary N) is 1. The maximum Gasteiger partial charge on any atom is 0.264 e. The number of hydrogen-bond acceptors (Lipinski definition) is 7. The van der Waals surface area contributed by atoms with Gasteiger partial charge in [-0.05, 0) is 71.8 Å². The fraction of sp³-hybridized carbons (Fsp3) is 0.178. The number of anilines is 4. The molecule has 7 aromatic rings. The predicted molar refractivity (Wildman–Crippen MR) is 233 cm³/mol. The molecule has 1 heterocycles. The van der Waals surface area contributed by atoms with Gasteiger partial charge in [0.25, 0.3) is 20.0 Å². The van der Waals surface area contributed by atoms with Crippen LogP contribution < -0.4 is 19.7 Å². The molecule has 3 N–H and O–H groups in total. The van der Waals surface area contributed by atoms with Gasteiger partial charge in [-0.3, -0.25) is 8.61 Å². The zero-order valence-corrected chi connectivity index (χ0v) is 34.4. The van der Waals surface area contributed by atoms with Crippen LogP contribution in [0.2, 0.25) is 0 Å². The van der Waals surface area contributed by atoms with Gasteiger partial charge in [-0.1, -0.05) is 118 Å². The lowest BCUT2D eigenvalue weighted by Gasteiger charge is -2.21. The van der Waals surface area contributed by atoms with E-state index >= 15 is 0 Å². The second-order valence-corrected chi connectivity index (χ2v) is 18.6. The van der Waals surface area contributed by atoms with Crippen LogP contribution in [-0.2, 0) is 38.6 Å². The minimum atomic E-state index is -3.64. The lowest BCUT2D eigenvalue weighted by molar-refractivity contribution is 0.516. The number of aromatic nitrogens is 2. The SMILES string of the molecule is CN(c1ccc(NCc2ccccc2)c(N)c1)S(=O)(=O)c1ccccc1.CN(c1ccc2c(c1)nc(C(C)(C)C)n2Cc1ccccc1)S(=O)(=O)c1ccccc1.